The zero-order valence-corrected chi connectivity index (χ0v) is 17.6. The number of sulfonamides is 1. The minimum absolute atomic E-state index is 0.104. The van der Waals surface area contributed by atoms with Gasteiger partial charge in [-0.15, -0.1) is 0 Å². The molecule has 0 spiro atoms. The first-order chi connectivity index (χ1) is 14.2. The molecule has 10 heteroatoms. The maximum Gasteiger partial charge on any atom is 0.414 e. The number of anilines is 1. The lowest BCUT2D eigenvalue weighted by Crippen LogP contribution is -2.50. The van der Waals surface area contributed by atoms with E-state index in [0.717, 1.165) is 16.8 Å². The van der Waals surface area contributed by atoms with Gasteiger partial charge < -0.3 is 4.74 Å². The van der Waals surface area contributed by atoms with Crippen LogP contribution in [0.5, 0.6) is 0 Å². The standard InChI is InChI=1S/C20H19ClF2N2O4S/c1-12-3-2-4-13-11-29-20(26)25(19(12)13)14-5-7-24(8-6-14)30(27,28)18-10-17(23)16(22)9-15(18)21/h2-4,9-10,14H,5-8,11H2,1H3. The molecular weight excluding hydrogens is 438 g/mol. The fourth-order valence-corrected chi connectivity index (χ4v) is 5.96. The smallest absolute Gasteiger partial charge is 0.414 e. The maximum atomic E-state index is 13.6. The number of hydrogen-bond donors (Lipinski definition) is 0. The maximum absolute atomic E-state index is 13.6. The van der Waals surface area contributed by atoms with Gasteiger partial charge in [0.05, 0.1) is 10.7 Å². The molecule has 160 valence electrons. The summed E-state index contributed by atoms with van der Waals surface area (Å²) in [6.07, 6.45) is 0.272. The molecule has 1 saturated heterocycles. The number of rotatable bonds is 3. The van der Waals surface area contributed by atoms with Gasteiger partial charge in [0.25, 0.3) is 0 Å². The van der Waals surface area contributed by atoms with Gasteiger partial charge in [-0.25, -0.2) is 22.0 Å². The summed E-state index contributed by atoms with van der Waals surface area (Å²) in [6, 6.07) is 6.71. The Morgan fingerprint density at radius 3 is 2.50 bits per heavy atom. The Bertz CT molecular complexity index is 1120. The van der Waals surface area contributed by atoms with E-state index in [0.29, 0.717) is 25.0 Å². The van der Waals surface area contributed by atoms with Gasteiger partial charge in [-0.05, 0) is 37.5 Å². The van der Waals surface area contributed by atoms with Gasteiger partial charge in [-0.2, -0.15) is 4.31 Å². The van der Waals surface area contributed by atoms with Crippen LogP contribution < -0.4 is 4.90 Å². The van der Waals surface area contributed by atoms with E-state index < -0.39 is 32.6 Å². The van der Waals surface area contributed by atoms with Crippen molar-refractivity contribution in [2.24, 2.45) is 0 Å². The van der Waals surface area contributed by atoms with Gasteiger partial charge in [0.2, 0.25) is 10.0 Å². The predicted octanol–water partition coefficient (Wildman–Crippen LogP) is 4.24. The van der Waals surface area contributed by atoms with Crippen molar-refractivity contribution in [1.82, 2.24) is 4.31 Å². The SMILES string of the molecule is Cc1cccc2c1N(C1CCN(S(=O)(=O)c3cc(F)c(F)cc3Cl)CC1)C(=O)OC2. The minimum atomic E-state index is -4.11. The number of benzene rings is 2. The zero-order chi connectivity index (χ0) is 21.6. The number of cyclic esters (lactones) is 1. The molecule has 0 saturated carbocycles. The van der Waals surface area contributed by atoms with Crippen LogP contribution >= 0.6 is 11.6 Å². The number of ether oxygens (including phenoxy) is 1. The molecule has 4 rings (SSSR count). The van der Waals surface area contributed by atoms with Gasteiger partial charge in [-0.1, -0.05) is 29.8 Å². The second-order valence-corrected chi connectivity index (χ2v) is 9.65. The first-order valence-electron chi connectivity index (χ1n) is 9.39. The first kappa shape index (κ1) is 21.0. The van der Waals surface area contributed by atoms with Crippen molar-refractivity contribution in [1.29, 1.82) is 0 Å². The van der Waals surface area contributed by atoms with Gasteiger partial charge in [0, 0.05) is 24.7 Å². The van der Waals surface area contributed by atoms with Crippen molar-refractivity contribution >= 4 is 33.4 Å². The highest BCUT2D eigenvalue weighted by atomic mass is 35.5. The molecule has 6 nitrogen and oxygen atoms in total. The van der Waals surface area contributed by atoms with Crippen LogP contribution in [0.1, 0.15) is 24.0 Å². The molecule has 30 heavy (non-hydrogen) atoms. The quantitative estimate of drug-likeness (QED) is 0.648. The lowest BCUT2D eigenvalue weighted by Gasteiger charge is -2.40. The summed E-state index contributed by atoms with van der Waals surface area (Å²) in [5.74, 6) is -2.49. The Morgan fingerprint density at radius 1 is 1.13 bits per heavy atom. The monoisotopic (exact) mass is 456 g/mol. The summed E-state index contributed by atoms with van der Waals surface area (Å²) in [6.45, 7) is 2.32. The minimum Gasteiger partial charge on any atom is -0.444 e. The summed E-state index contributed by atoms with van der Waals surface area (Å²) in [4.78, 5) is 13.6. The third-order valence-electron chi connectivity index (χ3n) is 5.49. The van der Waals surface area contributed by atoms with E-state index in [4.69, 9.17) is 16.3 Å². The molecule has 2 aromatic carbocycles. The van der Waals surface area contributed by atoms with Crippen LogP contribution in [0, 0.1) is 18.6 Å². The van der Waals surface area contributed by atoms with Crippen LogP contribution in [0.3, 0.4) is 0 Å². The molecular formula is C20H19ClF2N2O4S. The number of nitrogens with zero attached hydrogens (tertiary/aromatic N) is 2. The summed E-state index contributed by atoms with van der Waals surface area (Å²) < 4.78 is 59.2. The van der Waals surface area contributed by atoms with Gasteiger partial charge in [0.15, 0.2) is 11.6 Å². The number of para-hydroxylation sites is 1. The number of aryl methyl sites for hydroxylation is 1. The summed E-state index contributed by atoms with van der Waals surface area (Å²) in [5, 5.41) is -0.375. The molecule has 1 fully saturated rings. The molecule has 0 aliphatic carbocycles. The Balaban J connectivity index is 1.57. The molecule has 2 aromatic rings. The second kappa shape index (κ2) is 7.79. The molecule has 2 aliphatic heterocycles. The topological polar surface area (TPSA) is 66.9 Å². The largest absolute Gasteiger partial charge is 0.444 e. The Labute approximate surface area is 178 Å². The van der Waals surface area contributed by atoms with Crippen LogP contribution in [0.4, 0.5) is 19.3 Å². The van der Waals surface area contributed by atoms with Crippen molar-refractivity contribution in [3.8, 4) is 0 Å². The number of carbonyl (C=O) groups is 1. The molecule has 2 heterocycles. The van der Waals surface area contributed by atoms with E-state index in [9.17, 15) is 22.0 Å². The van der Waals surface area contributed by atoms with Crippen LogP contribution in [0.2, 0.25) is 5.02 Å². The molecule has 0 radical (unpaired) electrons. The average Bonchev–Trinajstić information content (AvgIpc) is 2.71. The number of carbonyl (C=O) groups excluding carboxylic acids is 1. The number of fused-ring (bicyclic) bond motifs is 1. The summed E-state index contributed by atoms with van der Waals surface area (Å²) in [7, 11) is -4.11. The molecule has 0 N–H and O–H groups in total. The van der Waals surface area contributed by atoms with Crippen molar-refractivity contribution in [3.63, 3.8) is 0 Å². The van der Waals surface area contributed by atoms with Crippen molar-refractivity contribution in [2.75, 3.05) is 18.0 Å². The zero-order valence-electron chi connectivity index (χ0n) is 16.1. The van der Waals surface area contributed by atoms with E-state index in [1.807, 2.05) is 25.1 Å². The van der Waals surface area contributed by atoms with E-state index >= 15 is 0 Å². The Morgan fingerprint density at radius 2 is 1.80 bits per heavy atom. The van der Waals surface area contributed by atoms with E-state index in [1.54, 1.807) is 4.90 Å². The molecule has 1 amide bonds. The number of piperidine rings is 1. The molecule has 0 aromatic heterocycles. The van der Waals surface area contributed by atoms with E-state index in [-0.39, 0.29) is 30.8 Å². The lowest BCUT2D eigenvalue weighted by molar-refractivity contribution is 0.135. The highest BCUT2D eigenvalue weighted by Gasteiger charge is 2.38. The molecule has 0 unspecified atom stereocenters. The molecule has 2 aliphatic rings. The van der Waals surface area contributed by atoms with Gasteiger partial charge in [-0.3, -0.25) is 4.90 Å². The fourth-order valence-electron chi connectivity index (χ4n) is 3.99. The average molecular weight is 457 g/mol. The van der Waals surface area contributed by atoms with Crippen molar-refractivity contribution in [2.45, 2.75) is 37.3 Å². The van der Waals surface area contributed by atoms with Gasteiger partial charge >= 0.3 is 6.09 Å². The van der Waals surface area contributed by atoms with Crippen LogP contribution in [-0.4, -0.2) is 37.9 Å². The Kier molecular flexibility index (Phi) is 5.46. The number of halogens is 3. The molecule has 0 bridgehead atoms. The number of amides is 1. The number of hydrogen-bond acceptors (Lipinski definition) is 4. The third kappa shape index (κ3) is 3.55. The van der Waals surface area contributed by atoms with Crippen LogP contribution in [-0.2, 0) is 21.4 Å². The van der Waals surface area contributed by atoms with Crippen molar-refractivity contribution < 1.29 is 26.7 Å². The fraction of sp³-hybridized carbons (Fsp3) is 0.350. The first-order valence-corrected chi connectivity index (χ1v) is 11.2. The van der Waals surface area contributed by atoms with E-state index in [1.165, 1.54) is 4.31 Å². The highest BCUT2D eigenvalue weighted by Crippen LogP contribution is 2.36. The van der Waals surface area contributed by atoms with Crippen LogP contribution in [0.25, 0.3) is 0 Å². The summed E-state index contributed by atoms with van der Waals surface area (Å²) >= 11 is 5.87. The predicted molar refractivity (Wildman–Crippen MR) is 107 cm³/mol. The lowest BCUT2D eigenvalue weighted by atomic mass is 10.00. The molecule has 0 atom stereocenters. The second-order valence-electron chi connectivity index (χ2n) is 7.34. The normalized spacial score (nSPS) is 18.3. The van der Waals surface area contributed by atoms with Gasteiger partial charge in [0.1, 0.15) is 11.5 Å². The third-order valence-corrected chi connectivity index (χ3v) is 7.85. The van der Waals surface area contributed by atoms with E-state index in [2.05, 4.69) is 0 Å². The summed E-state index contributed by atoms with van der Waals surface area (Å²) in [5.41, 5.74) is 2.64. The van der Waals surface area contributed by atoms with Crippen LogP contribution in [0.15, 0.2) is 35.2 Å². The Hall–Kier alpha value is -2.23. The highest BCUT2D eigenvalue weighted by molar-refractivity contribution is 7.89. The van der Waals surface area contributed by atoms with Crippen molar-refractivity contribution in [3.05, 3.63) is 58.1 Å².